The number of benzene rings is 3. The van der Waals surface area contributed by atoms with Crippen LogP contribution in [0.1, 0.15) is 17.2 Å². The molecule has 4 N–H and O–H groups in total. The number of aromatic hydroxyl groups is 4. The highest BCUT2D eigenvalue weighted by atomic mass is 16.5. The molecule has 0 aromatic heterocycles. The average Bonchev–Trinajstić information content (AvgIpc) is 3.07. The Morgan fingerprint density at radius 3 is 2.48 bits per heavy atom. The Hall–Kier alpha value is -3.41. The zero-order valence-corrected chi connectivity index (χ0v) is 13.0. The van der Waals surface area contributed by atoms with Crippen molar-refractivity contribution in [2.24, 2.45) is 4.99 Å². The SMILES string of the molecule is Oc1cc(C2=NCC(c3cccc(O)c3O)O2)c2cccc(O)c2c1. The Labute approximate surface area is 142 Å². The second-order valence-corrected chi connectivity index (χ2v) is 5.83. The van der Waals surface area contributed by atoms with Crippen LogP contribution in [0.25, 0.3) is 10.8 Å². The number of para-hydroxylation sites is 1. The fraction of sp³-hybridized carbons (Fsp3) is 0.105. The van der Waals surface area contributed by atoms with Gasteiger partial charge in [0.1, 0.15) is 17.6 Å². The van der Waals surface area contributed by atoms with Crippen LogP contribution in [-0.4, -0.2) is 32.9 Å². The highest BCUT2D eigenvalue weighted by molar-refractivity contribution is 6.09. The first-order valence-electron chi connectivity index (χ1n) is 7.71. The first kappa shape index (κ1) is 15.1. The lowest BCUT2D eigenvalue weighted by atomic mass is 10.0. The van der Waals surface area contributed by atoms with Crippen LogP contribution in [0.5, 0.6) is 23.0 Å². The molecule has 0 bridgehead atoms. The molecule has 0 radical (unpaired) electrons. The monoisotopic (exact) mass is 337 g/mol. The van der Waals surface area contributed by atoms with E-state index in [1.54, 1.807) is 24.3 Å². The summed E-state index contributed by atoms with van der Waals surface area (Å²) in [5.74, 6) is -0.113. The number of rotatable bonds is 2. The largest absolute Gasteiger partial charge is 0.508 e. The quantitative estimate of drug-likeness (QED) is 0.538. The van der Waals surface area contributed by atoms with Gasteiger partial charge in [-0.2, -0.15) is 0 Å². The predicted molar refractivity (Wildman–Crippen MR) is 92.3 cm³/mol. The normalized spacial score (nSPS) is 16.6. The summed E-state index contributed by atoms with van der Waals surface area (Å²) in [7, 11) is 0. The molecule has 0 saturated carbocycles. The standard InChI is InChI=1S/C19H15NO5/c21-10-7-13-11(3-1-5-15(13)22)14(8-10)19-20-9-17(25-19)12-4-2-6-16(23)18(12)24/h1-8,17,21-24H,9H2. The zero-order valence-electron chi connectivity index (χ0n) is 13.0. The van der Waals surface area contributed by atoms with Crippen LogP contribution in [0.4, 0.5) is 0 Å². The van der Waals surface area contributed by atoms with Gasteiger partial charge in [-0.1, -0.05) is 24.3 Å². The molecule has 0 amide bonds. The first-order chi connectivity index (χ1) is 12.0. The van der Waals surface area contributed by atoms with Gasteiger partial charge in [0.25, 0.3) is 0 Å². The van der Waals surface area contributed by atoms with E-state index in [1.807, 2.05) is 0 Å². The maximum Gasteiger partial charge on any atom is 0.217 e. The van der Waals surface area contributed by atoms with Gasteiger partial charge in [0.15, 0.2) is 11.5 Å². The van der Waals surface area contributed by atoms with E-state index in [9.17, 15) is 20.4 Å². The maximum atomic E-state index is 10.0. The number of phenolic OH excluding ortho intramolecular Hbond substituents is 4. The van der Waals surface area contributed by atoms with E-state index in [-0.39, 0.29) is 29.5 Å². The van der Waals surface area contributed by atoms with Crippen molar-refractivity contribution < 1.29 is 25.2 Å². The Bertz CT molecular complexity index is 1010. The highest BCUT2D eigenvalue weighted by Crippen LogP contribution is 2.38. The van der Waals surface area contributed by atoms with Crippen LogP contribution in [-0.2, 0) is 4.74 Å². The smallest absolute Gasteiger partial charge is 0.217 e. The summed E-state index contributed by atoms with van der Waals surface area (Å²) in [6, 6.07) is 12.7. The molecule has 3 aromatic carbocycles. The van der Waals surface area contributed by atoms with Crippen molar-refractivity contribution in [3.63, 3.8) is 0 Å². The van der Waals surface area contributed by atoms with Gasteiger partial charge in [-0.25, -0.2) is 4.99 Å². The average molecular weight is 337 g/mol. The maximum absolute atomic E-state index is 10.0. The van der Waals surface area contributed by atoms with E-state index >= 15 is 0 Å². The molecule has 6 nitrogen and oxygen atoms in total. The molecule has 1 aliphatic rings. The second kappa shape index (κ2) is 5.59. The van der Waals surface area contributed by atoms with Crippen molar-refractivity contribution in [1.29, 1.82) is 0 Å². The third kappa shape index (κ3) is 2.48. The van der Waals surface area contributed by atoms with Crippen molar-refractivity contribution in [2.75, 3.05) is 6.54 Å². The molecule has 0 fully saturated rings. The summed E-state index contributed by atoms with van der Waals surface area (Å²) >= 11 is 0. The van der Waals surface area contributed by atoms with Crippen molar-refractivity contribution >= 4 is 16.7 Å². The Balaban J connectivity index is 1.74. The van der Waals surface area contributed by atoms with E-state index in [0.29, 0.717) is 27.8 Å². The van der Waals surface area contributed by atoms with Crippen LogP contribution in [0.15, 0.2) is 53.5 Å². The van der Waals surface area contributed by atoms with Gasteiger partial charge in [-0.3, -0.25) is 0 Å². The van der Waals surface area contributed by atoms with Crippen LogP contribution in [0.2, 0.25) is 0 Å². The van der Waals surface area contributed by atoms with Crippen LogP contribution < -0.4 is 0 Å². The number of nitrogens with zero attached hydrogens (tertiary/aromatic N) is 1. The molecule has 0 spiro atoms. The number of aliphatic imine (C=N–C) groups is 1. The van der Waals surface area contributed by atoms with Crippen LogP contribution in [0.3, 0.4) is 0 Å². The van der Waals surface area contributed by atoms with E-state index in [2.05, 4.69) is 4.99 Å². The fourth-order valence-electron chi connectivity index (χ4n) is 3.03. The molecule has 1 unspecified atom stereocenters. The molecule has 126 valence electrons. The first-order valence-corrected chi connectivity index (χ1v) is 7.71. The van der Waals surface area contributed by atoms with E-state index in [4.69, 9.17) is 4.74 Å². The van der Waals surface area contributed by atoms with Crippen LogP contribution >= 0.6 is 0 Å². The molecule has 1 atom stereocenters. The molecule has 25 heavy (non-hydrogen) atoms. The van der Waals surface area contributed by atoms with Gasteiger partial charge >= 0.3 is 0 Å². The van der Waals surface area contributed by atoms with E-state index in [1.165, 1.54) is 24.3 Å². The number of phenols is 4. The van der Waals surface area contributed by atoms with E-state index in [0.717, 1.165) is 0 Å². The lowest BCUT2D eigenvalue weighted by molar-refractivity contribution is 0.224. The molecule has 6 heteroatoms. The molecule has 4 rings (SSSR count). The molecule has 1 heterocycles. The van der Waals surface area contributed by atoms with Crippen molar-refractivity contribution in [1.82, 2.24) is 0 Å². The van der Waals surface area contributed by atoms with Crippen molar-refractivity contribution in [3.8, 4) is 23.0 Å². The van der Waals surface area contributed by atoms with Gasteiger partial charge in [-0.05, 0) is 29.7 Å². The number of ether oxygens (including phenoxy) is 1. The summed E-state index contributed by atoms with van der Waals surface area (Å²) < 4.78 is 5.86. The van der Waals surface area contributed by atoms with Gasteiger partial charge in [0, 0.05) is 16.5 Å². The van der Waals surface area contributed by atoms with Crippen molar-refractivity contribution in [2.45, 2.75) is 6.10 Å². The van der Waals surface area contributed by atoms with Gasteiger partial charge < -0.3 is 25.2 Å². The Morgan fingerprint density at radius 1 is 0.880 bits per heavy atom. The molecule has 0 saturated heterocycles. The van der Waals surface area contributed by atoms with Gasteiger partial charge in [0.2, 0.25) is 5.90 Å². The number of hydrogen-bond acceptors (Lipinski definition) is 6. The fourth-order valence-corrected chi connectivity index (χ4v) is 3.03. The molecular formula is C19H15NO5. The van der Waals surface area contributed by atoms with Gasteiger partial charge in [-0.15, -0.1) is 0 Å². The number of hydrogen-bond donors (Lipinski definition) is 4. The Kier molecular flexibility index (Phi) is 3.39. The molecular weight excluding hydrogens is 322 g/mol. The molecule has 1 aliphatic heterocycles. The zero-order chi connectivity index (χ0) is 17.6. The summed E-state index contributed by atoms with van der Waals surface area (Å²) in [6.45, 7) is 0.266. The van der Waals surface area contributed by atoms with Gasteiger partial charge in [0.05, 0.1) is 6.54 Å². The lowest BCUT2D eigenvalue weighted by Crippen LogP contribution is -2.07. The van der Waals surface area contributed by atoms with Crippen LogP contribution in [0, 0.1) is 0 Å². The second-order valence-electron chi connectivity index (χ2n) is 5.83. The lowest BCUT2D eigenvalue weighted by Gasteiger charge is -2.15. The summed E-state index contributed by atoms with van der Waals surface area (Å²) in [5, 5.41) is 40.8. The highest BCUT2D eigenvalue weighted by Gasteiger charge is 2.27. The third-order valence-corrected chi connectivity index (χ3v) is 4.24. The van der Waals surface area contributed by atoms with Crippen molar-refractivity contribution in [3.05, 3.63) is 59.7 Å². The summed E-state index contributed by atoms with van der Waals surface area (Å²) in [4.78, 5) is 4.36. The summed E-state index contributed by atoms with van der Waals surface area (Å²) in [5.41, 5.74) is 0.985. The Morgan fingerprint density at radius 2 is 1.64 bits per heavy atom. The summed E-state index contributed by atoms with van der Waals surface area (Å²) in [6.07, 6.45) is -0.545. The third-order valence-electron chi connectivity index (χ3n) is 4.24. The molecule has 0 aliphatic carbocycles. The minimum absolute atomic E-state index is 0.0149. The topological polar surface area (TPSA) is 103 Å². The minimum atomic E-state index is -0.545. The number of fused-ring (bicyclic) bond motifs is 1. The molecule has 3 aromatic rings. The predicted octanol–water partition coefficient (Wildman–Crippen LogP) is 3.18. The minimum Gasteiger partial charge on any atom is -0.508 e. The van der Waals surface area contributed by atoms with E-state index < -0.39 is 6.10 Å².